The summed E-state index contributed by atoms with van der Waals surface area (Å²) in [6, 6.07) is 15.3. The Morgan fingerprint density at radius 2 is 1.87 bits per heavy atom. The third kappa shape index (κ3) is 3.10. The van der Waals surface area contributed by atoms with Crippen LogP contribution in [0.1, 0.15) is 5.56 Å². The number of nitrogens with zero attached hydrogens (tertiary/aromatic N) is 1. The molecule has 0 saturated heterocycles. The number of methoxy groups -OCH3 is 1. The Balaban J connectivity index is 2.19. The normalized spacial score (nSPS) is 11.7. The van der Waals surface area contributed by atoms with Crippen molar-refractivity contribution in [2.45, 2.75) is 0 Å². The molecular weight excluding hydrogens is 403 g/mol. The van der Waals surface area contributed by atoms with E-state index in [1.165, 1.54) is 4.68 Å². The van der Waals surface area contributed by atoms with Crippen LogP contribution in [0.3, 0.4) is 0 Å². The van der Waals surface area contributed by atoms with Crippen LogP contribution in [0.25, 0.3) is 18.3 Å². The second-order valence-corrected chi connectivity index (χ2v) is 6.25. The van der Waals surface area contributed by atoms with Gasteiger partial charge in [0.05, 0.1) is 23.4 Å². The molecule has 0 saturated carbocycles. The van der Waals surface area contributed by atoms with Gasteiger partial charge in [-0.05, 0) is 59.0 Å². The summed E-state index contributed by atoms with van der Waals surface area (Å²) in [4.78, 5) is 12.7. The molecule has 4 nitrogen and oxygen atoms in total. The lowest BCUT2D eigenvalue weighted by Gasteiger charge is -2.02. The van der Waals surface area contributed by atoms with Crippen LogP contribution >= 0.6 is 22.6 Å². The van der Waals surface area contributed by atoms with Gasteiger partial charge in [0, 0.05) is 9.13 Å². The first kappa shape index (κ1) is 15.6. The van der Waals surface area contributed by atoms with Crippen molar-refractivity contribution in [2.24, 2.45) is 0 Å². The molecule has 1 aromatic heterocycles. The first-order valence-corrected chi connectivity index (χ1v) is 8.08. The van der Waals surface area contributed by atoms with E-state index in [9.17, 15) is 4.79 Å². The van der Waals surface area contributed by atoms with E-state index in [0.717, 1.165) is 14.8 Å². The first-order chi connectivity index (χ1) is 11.1. The van der Waals surface area contributed by atoms with Gasteiger partial charge in [-0.15, -0.1) is 0 Å². The van der Waals surface area contributed by atoms with Gasteiger partial charge in [-0.1, -0.05) is 24.8 Å². The quantitative estimate of drug-likeness (QED) is 0.662. The van der Waals surface area contributed by atoms with E-state index >= 15 is 0 Å². The van der Waals surface area contributed by atoms with E-state index in [4.69, 9.17) is 4.74 Å². The van der Waals surface area contributed by atoms with Crippen LogP contribution < -0.4 is 20.9 Å². The Labute approximate surface area is 146 Å². The Hall–Kier alpha value is -2.28. The molecule has 0 spiro atoms. The number of halogens is 1. The van der Waals surface area contributed by atoms with Gasteiger partial charge in [0.2, 0.25) is 0 Å². The minimum atomic E-state index is -0.137. The zero-order chi connectivity index (χ0) is 16.4. The van der Waals surface area contributed by atoms with E-state index in [1.807, 2.05) is 48.5 Å². The van der Waals surface area contributed by atoms with E-state index in [0.29, 0.717) is 16.3 Å². The molecule has 0 fully saturated rings. The van der Waals surface area contributed by atoms with Crippen molar-refractivity contribution in [3.8, 4) is 11.4 Å². The number of rotatable bonds is 3. The molecule has 0 aliphatic rings. The maximum Gasteiger partial charge on any atom is 0.279 e. The fourth-order valence-corrected chi connectivity index (χ4v) is 2.72. The fraction of sp³-hybridized carbons (Fsp3) is 0.0556. The summed E-state index contributed by atoms with van der Waals surface area (Å²) in [6.45, 7) is 3.95. The molecule has 0 radical (unpaired) electrons. The third-order valence-corrected chi connectivity index (χ3v) is 4.25. The number of H-pyrrole nitrogens is 1. The van der Waals surface area contributed by atoms with Crippen LogP contribution in [0.5, 0.6) is 5.75 Å². The van der Waals surface area contributed by atoms with Crippen molar-refractivity contribution in [2.75, 3.05) is 7.11 Å². The zero-order valence-corrected chi connectivity index (χ0v) is 14.7. The highest BCUT2D eigenvalue weighted by Gasteiger charge is 2.06. The lowest BCUT2D eigenvalue weighted by Crippen LogP contribution is -2.34. The smallest absolute Gasteiger partial charge is 0.279 e. The Morgan fingerprint density at radius 3 is 2.57 bits per heavy atom. The second kappa shape index (κ2) is 6.45. The number of benzene rings is 2. The summed E-state index contributed by atoms with van der Waals surface area (Å²) in [5, 5.41) is 4.12. The minimum absolute atomic E-state index is 0.137. The van der Waals surface area contributed by atoms with Crippen LogP contribution in [-0.2, 0) is 0 Å². The molecular formula is C18H15IN2O2. The van der Waals surface area contributed by atoms with Crippen molar-refractivity contribution >= 4 is 35.2 Å². The van der Waals surface area contributed by atoms with Gasteiger partial charge < -0.3 is 4.74 Å². The molecule has 0 amide bonds. The molecule has 0 bridgehead atoms. The van der Waals surface area contributed by atoms with Crippen molar-refractivity contribution in [1.82, 2.24) is 9.78 Å². The molecule has 3 rings (SSSR count). The maximum absolute atomic E-state index is 12.7. The molecule has 0 aliphatic heterocycles. The number of ether oxygens (including phenoxy) is 1. The molecule has 23 heavy (non-hydrogen) atoms. The predicted molar refractivity (Wildman–Crippen MR) is 100 cm³/mol. The van der Waals surface area contributed by atoms with E-state index in [2.05, 4.69) is 34.3 Å². The summed E-state index contributed by atoms with van der Waals surface area (Å²) in [5.41, 5.74) is 1.48. The lowest BCUT2D eigenvalue weighted by atomic mass is 10.1. The topological polar surface area (TPSA) is 47.0 Å². The van der Waals surface area contributed by atoms with Crippen LogP contribution in [0.4, 0.5) is 0 Å². The average molecular weight is 418 g/mol. The number of nitrogens with one attached hydrogen (secondary N) is 1. The number of hydrogen-bond acceptors (Lipinski definition) is 2. The monoisotopic (exact) mass is 418 g/mol. The summed E-state index contributed by atoms with van der Waals surface area (Å²) in [7, 11) is 1.61. The van der Waals surface area contributed by atoms with Gasteiger partial charge in [0.1, 0.15) is 5.75 Å². The van der Waals surface area contributed by atoms with Crippen LogP contribution in [0.2, 0.25) is 0 Å². The molecule has 1 N–H and O–H groups in total. The Bertz CT molecular complexity index is 1000. The Kier molecular flexibility index (Phi) is 4.38. The van der Waals surface area contributed by atoms with Gasteiger partial charge in [0.25, 0.3) is 5.56 Å². The summed E-state index contributed by atoms with van der Waals surface area (Å²) >= 11 is 2.23. The van der Waals surface area contributed by atoms with Gasteiger partial charge in [-0.3, -0.25) is 9.89 Å². The highest BCUT2D eigenvalue weighted by Crippen LogP contribution is 2.17. The predicted octanol–water partition coefficient (Wildman–Crippen LogP) is 2.02. The standard InChI is InChI=1S/C18H15IN2O2/c1-12-16(11-13-5-3-4-6-17(13)23-2)18(22)21(20-12)15-9-7-14(19)8-10-15/h3-11,20H,1H2,2H3/b16-11+. The van der Waals surface area contributed by atoms with Gasteiger partial charge in [0.15, 0.2) is 0 Å². The molecule has 5 heteroatoms. The molecule has 2 aromatic carbocycles. The average Bonchev–Trinajstić information content (AvgIpc) is 2.84. The molecule has 1 heterocycles. The third-order valence-electron chi connectivity index (χ3n) is 3.53. The van der Waals surface area contributed by atoms with E-state index < -0.39 is 0 Å². The van der Waals surface area contributed by atoms with Crippen molar-refractivity contribution in [3.63, 3.8) is 0 Å². The lowest BCUT2D eigenvalue weighted by molar-refractivity contribution is 0.414. The molecule has 0 unspecified atom stereocenters. The van der Waals surface area contributed by atoms with Gasteiger partial charge >= 0.3 is 0 Å². The van der Waals surface area contributed by atoms with Crippen molar-refractivity contribution in [3.05, 3.63) is 78.6 Å². The van der Waals surface area contributed by atoms with Crippen LogP contribution in [0, 0.1) is 3.57 Å². The summed E-state index contributed by atoms with van der Waals surface area (Å²) in [5.74, 6) is 0.716. The minimum Gasteiger partial charge on any atom is -0.496 e. The molecule has 3 aromatic rings. The number of hydrogen-bond donors (Lipinski definition) is 1. The highest BCUT2D eigenvalue weighted by atomic mass is 127. The number of aromatic amines is 1. The van der Waals surface area contributed by atoms with Crippen LogP contribution in [0.15, 0.2) is 53.3 Å². The SMILES string of the molecule is C=c1[nH]n(-c2ccc(I)cc2)c(=O)/c1=C/c1ccccc1OC. The summed E-state index contributed by atoms with van der Waals surface area (Å²) in [6.07, 6.45) is 1.79. The zero-order valence-electron chi connectivity index (χ0n) is 12.5. The van der Waals surface area contributed by atoms with Crippen molar-refractivity contribution in [1.29, 1.82) is 0 Å². The van der Waals surface area contributed by atoms with Crippen molar-refractivity contribution < 1.29 is 4.74 Å². The first-order valence-electron chi connectivity index (χ1n) is 7.01. The van der Waals surface area contributed by atoms with Gasteiger partial charge in [-0.2, -0.15) is 0 Å². The Morgan fingerprint density at radius 1 is 1.17 bits per heavy atom. The number of aromatic nitrogens is 2. The number of para-hydroxylation sites is 1. The largest absolute Gasteiger partial charge is 0.496 e. The molecule has 0 atom stereocenters. The molecule has 116 valence electrons. The van der Waals surface area contributed by atoms with E-state index in [1.54, 1.807) is 13.2 Å². The highest BCUT2D eigenvalue weighted by molar-refractivity contribution is 14.1. The summed E-state index contributed by atoms with van der Waals surface area (Å²) < 4.78 is 7.94. The maximum atomic E-state index is 12.7. The van der Waals surface area contributed by atoms with Gasteiger partial charge in [-0.25, -0.2) is 4.68 Å². The van der Waals surface area contributed by atoms with E-state index in [-0.39, 0.29) is 5.56 Å². The second-order valence-electron chi connectivity index (χ2n) is 5.01. The fourth-order valence-electron chi connectivity index (χ4n) is 2.36. The van der Waals surface area contributed by atoms with Crippen LogP contribution in [-0.4, -0.2) is 16.9 Å². The molecule has 0 aliphatic carbocycles.